The van der Waals surface area contributed by atoms with Gasteiger partial charge in [0.25, 0.3) is 0 Å². The van der Waals surface area contributed by atoms with Gasteiger partial charge in [-0.3, -0.25) is 5.10 Å². The van der Waals surface area contributed by atoms with Gasteiger partial charge in [-0.2, -0.15) is 5.10 Å². The van der Waals surface area contributed by atoms with Crippen LogP contribution in [0.15, 0.2) is 12.3 Å². The molecule has 2 rings (SSSR count). The van der Waals surface area contributed by atoms with Gasteiger partial charge in [-0.1, -0.05) is 11.6 Å². The van der Waals surface area contributed by atoms with Crippen molar-refractivity contribution < 1.29 is 9.50 Å². The molecule has 0 unspecified atom stereocenters. The standard InChI is InChI=1S/C7H4ClFN2O/c8-6-4(9)1-5-3(7(6)12)2-10-11-5/h1-2,12H,(H,10,11). The molecule has 12 heavy (non-hydrogen) atoms. The minimum atomic E-state index is -0.661. The van der Waals surface area contributed by atoms with Gasteiger partial charge in [0.05, 0.1) is 17.1 Å². The Morgan fingerprint density at radius 3 is 3.08 bits per heavy atom. The Morgan fingerprint density at radius 2 is 2.33 bits per heavy atom. The highest BCUT2D eigenvalue weighted by Gasteiger charge is 2.11. The molecule has 0 aliphatic heterocycles. The van der Waals surface area contributed by atoms with E-state index in [1.165, 1.54) is 12.3 Å². The minimum Gasteiger partial charge on any atom is -0.506 e. The summed E-state index contributed by atoms with van der Waals surface area (Å²) in [6.07, 6.45) is 1.38. The van der Waals surface area contributed by atoms with Gasteiger partial charge >= 0.3 is 0 Å². The summed E-state index contributed by atoms with van der Waals surface area (Å²) in [6, 6.07) is 1.18. The number of phenolic OH excluding ortho intramolecular Hbond substituents is 1. The molecule has 0 bridgehead atoms. The van der Waals surface area contributed by atoms with Crippen molar-refractivity contribution in [1.82, 2.24) is 10.2 Å². The molecule has 0 radical (unpaired) electrons. The van der Waals surface area contributed by atoms with Gasteiger partial charge in [-0.15, -0.1) is 0 Å². The molecule has 3 nitrogen and oxygen atoms in total. The molecule has 0 aliphatic rings. The van der Waals surface area contributed by atoms with Crippen LogP contribution in [0.5, 0.6) is 5.75 Å². The number of H-pyrrole nitrogens is 1. The molecule has 0 aliphatic carbocycles. The van der Waals surface area contributed by atoms with Gasteiger partial charge in [-0.05, 0) is 0 Å². The Hall–Kier alpha value is -1.29. The molecule has 1 aromatic heterocycles. The molecular weight excluding hydrogens is 183 g/mol. The number of aromatic nitrogens is 2. The first-order valence-electron chi connectivity index (χ1n) is 3.20. The molecule has 0 atom stereocenters. The molecule has 2 N–H and O–H groups in total. The number of hydrogen-bond donors (Lipinski definition) is 2. The molecular formula is C7H4ClFN2O. The number of hydrogen-bond acceptors (Lipinski definition) is 2. The van der Waals surface area contributed by atoms with E-state index in [4.69, 9.17) is 11.6 Å². The quantitative estimate of drug-likeness (QED) is 0.662. The largest absolute Gasteiger partial charge is 0.506 e. The summed E-state index contributed by atoms with van der Waals surface area (Å²) >= 11 is 5.45. The third kappa shape index (κ3) is 0.848. The van der Waals surface area contributed by atoms with Crippen LogP contribution in [-0.4, -0.2) is 15.3 Å². The average molecular weight is 187 g/mol. The molecule has 2 aromatic rings. The van der Waals surface area contributed by atoms with Gasteiger partial charge < -0.3 is 5.11 Å². The second-order valence-corrected chi connectivity index (χ2v) is 2.73. The van der Waals surface area contributed by atoms with Crippen molar-refractivity contribution >= 4 is 22.5 Å². The summed E-state index contributed by atoms with van der Waals surface area (Å²) in [5.41, 5.74) is 0.425. The highest BCUT2D eigenvalue weighted by atomic mass is 35.5. The molecule has 0 fully saturated rings. The normalized spacial score (nSPS) is 10.8. The van der Waals surface area contributed by atoms with E-state index in [0.717, 1.165) is 0 Å². The van der Waals surface area contributed by atoms with Crippen molar-refractivity contribution in [1.29, 1.82) is 0 Å². The number of rotatable bonds is 0. The maximum Gasteiger partial charge on any atom is 0.148 e. The van der Waals surface area contributed by atoms with Crippen LogP contribution in [-0.2, 0) is 0 Å². The summed E-state index contributed by atoms with van der Waals surface area (Å²) in [5.74, 6) is -0.939. The van der Waals surface area contributed by atoms with E-state index in [0.29, 0.717) is 10.9 Å². The van der Waals surface area contributed by atoms with Crippen molar-refractivity contribution in [2.24, 2.45) is 0 Å². The zero-order valence-corrected chi connectivity index (χ0v) is 6.56. The molecule has 62 valence electrons. The fraction of sp³-hybridized carbons (Fsp3) is 0. The van der Waals surface area contributed by atoms with E-state index >= 15 is 0 Å². The van der Waals surface area contributed by atoms with Crippen molar-refractivity contribution in [3.8, 4) is 5.75 Å². The first-order valence-corrected chi connectivity index (χ1v) is 3.58. The third-order valence-electron chi connectivity index (χ3n) is 1.61. The van der Waals surface area contributed by atoms with Gasteiger partial charge in [0.1, 0.15) is 16.6 Å². The summed E-state index contributed by atoms with van der Waals surface area (Å²) in [5, 5.41) is 15.6. The Morgan fingerprint density at radius 1 is 1.58 bits per heavy atom. The number of nitrogens with zero attached hydrogens (tertiary/aromatic N) is 1. The van der Waals surface area contributed by atoms with Crippen LogP contribution in [0.25, 0.3) is 10.9 Å². The summed E-state index contributed by atoms with van der Waals surface area (Å²) < 4.78 is 12.8. The lowest BCUT2D eigenvalue weighted by molar-refractivity contribution is 0.476. The van der Waals surface area contributed by atoms with Gasteiger partial charge in [0.15, 0.2) is 0 Å². The Bertz CT molecular complexity index is 440. The molecule has 0 amide bonds. The first kappa shape index (κ1) is 7.36. The van der Waals surface area contributed by atoms with Crippen LogP contribution in [0.4, 0.5) is 4.39 Å². The van der Waals surface area contributed by atoms with Crippen LogP contribution in [0, 0.1) is 5.82 Å². The maximum atomic E-state index is 12.8. The third-order valence-corrected chi connectivity index (χ3v) is 1.97. The predicted molar refractivity (Wildman–Crippen MR) is 42.7 cm³/mol. The second kappa shape index (κ2) is 2.35. The lowest BCUT2D eigenvalue weighted by Crippen LogP contribution is -1.79. The summed E-state index contributed by atoms with van der Waals surface area (Å²) in [6.45, 7) is 0. The number of fused-ring (bicyclic) bond motifs is 1. The van der Waals surface area contributed by atoms with Gasteiger partial charge in [0, 0.05) is 6.07 Å². The number of benzene rings is 1. The number of nitrogens with one attached hydrogen (secondary N) is 1. The SMILES string of the molecule is Oc1c(Cl)c(F)cc2[nH]ncc12. The Balaban J connectivity index is 2.94. The van der Waals surface area contributed by atoms with Crippen LogP contribution in [0.3, 0.4) is 0 Å². The molecule has 0 saturated heterocycles. The van der Waals surface area contributed by atoms with Crippen LogP contribution in [0.2, 0.25) is 5.02 Å². The van der Waals surface area contributed by atoms with Crippen LogP contribution < -0.4 is 0 Å². The highest BCUT2D eigenvalue weighted by Crippen LogP contribution is 2.33. The lowest BCUT2D eigenvalue weighted by atomic mass is 10.2. The number of aromatic amines is 1. The number of aromatic hydroxyl groups is 1. The molecule has 1 heterocycles. The zero-order chi connectivity index (χ0) is 8.72. The molecule has 0 saturated carbocycles. The van der Waals surface area contributed by atoms with E-state index in [-0.39, 0.29) is 10.8 Å². The molecule has 1 aromatic carbocycles. The van der Waals surface area contributed by atoms with E-state index < -0.39 is 5.82 Å². The van der Waals surface area contributed by atoms with E-state index in [2.05, 4.69) is 10.2 Å². The van der Waals surface area contributed by atoms with Crippen molar-refractivity contribution in [2.75, 3.05) is 0 Å². The lowest BCUT2D eigenvalue weighted by Gasteiger charge is -1.98. The van der Waals surface area contributed by atoms with E-state index in [1.54, 1.807) is 0 Å². The van der Waals surface area contributed by atoms with Crippen molar-refractivity contribution in [3.05, 3.63) is 23.1 Å². The summed E-state index contributed by atoms with van der Waals surface area (Å²) in [4.78, 5) is 0. The molecule has 5 heteroatoms. The van der Waals surface area contributed by atoms with Crippen molar-refractivity contribution in [2.45, 2.75) is 0 Å². The van der Waals surface area contributed by atoms with Crippen molar-refractivity contribution in [3.63, 3.8) is 0 Å². The maximum absolute atomic E-state index is 12.8. The fourth-order valence-corrected chi connectivity index (χ4v) is 1.17. The first-order chi connectivity index (χ1) is 5.70. The molecule has 0 spiro atoms. The monoisotopic (exact) mass is 186 g/mol. The fourth-order valence-electron chi connectivity index (χ4n) is 1.02. The van der Waals surface area contributed by atoms with Crippen LogP contribution >= 0.6 is 11.6 Å². The Kier molecular flexibility index (Phi) is 1.44. The van der Waals surface area contributed by atoms with Gasteiger partial charge in [0.2, 0.25) is 0 Å². The number of phenols is 1. The van der Waals surface area contributed by atoms with Crippen LogP contribution in [0.1, 0.15) is 0 Å². The second-order valence-electron chi connectivity index (χ2n) is 2.35. The highest BCUT2D eigenvalue weighted by molar-refractivity contribution is 6.33. The van der Waals surface area contributed by atoms with Gasteiger partial charge in [-0.25, -0.2) is 4.39 Å². The smallest absolute Gasteiger partial charge is 0.148 e. The summed E-state index contributed by atoms with van der Waals surface area (Å²) in [7, 11) is 0. The van der Waals surface area contributed by atoms with E-state index in [1.807, 2.05) is 0 Å². The Labute approximate surface area is 71.8 Å². The van der Waals surface area contributed by atoms with E-state index in [9.17, 15) is 9.50 Å². The zero-order valence-electron chi connectivity index (χ0n) is 5.81. The average Bonchev–Trinajstić information content (AvgIpc) is 2.48. The predicted octanol–water partition coefficient (Wildman–Crippen LogP) is 2.06. The topological polar surface area (TPSA) is 48.9 Å². The number of halogens is 2. The minimum absolute atomic E-state index is 0.274.